The number of likely N-dealkylation sites (tertiary alicyclic amines) is 1. The van der Waals surface area contributed by atoms with Gasteiger partial charge in [-0.2, -0.15) is 5.10 Å². The van der Waals surface area contributed by atoms with Crippen LogP contribution in [-0.2, 0) is 9.53 Å². The summed E-state index contributed by atoms with van der Waals surface area (Å²) in [6.45, 7) is 4.11. The first-order valence-electron chi connectivity index (χ1n) is 10.2. The Labute approximate surface area is 180 Å². The summed E-state index contributed by atoms with van der Waals surface area (Å²) in [5.74, 6) is -0.535. The summed E-state index contributed by atoms with van der Waals surface area (Å²) in [5, 5.41) is 17.7. The molecule has 10 nitrogen and oxygen atoms in total. The Morgan fingerprint density at radius 2 is 2.00 bits per heavy atom. The topological polar surface area (TPSA) is 117 Å². The quantitative estimate of drug-likeness (QED) is 0.687. The highest BCUT2D eigenvalue weighted by atomic mass is 16.5. The van der Waals surface area contributed by atoms with Crippen LogP contribution in [0.3, 0.4) is 0 Å². The van der Waals surface area contributed by atoms with E-state index < -0.39 is 12.1 Å². The number of hydrogen-bond acceptors (Lipinski definition) is 5. The molecule has 2 N–H and O–H groups in total. The molecule has 1 saturated heterocycles. The van der Waals surface area contributed by atoms with E-state index >= 15 is 0 Å². The molecule has 0 aliphatic carbocycles. The largest absolute Gasteiger partial charge is 0.465 e. The number of nitrogens with one attached hydrogen (secondary N) is 1. The first-order chi connectivity index (χ1) is 14.7. The summed E-state index contributed by atoms with van der Waals surface area (Å²) >= 11 is 0. The molecule has 1 aliphatic rings. The Morgan fingerprint density at radius 3 is 2.65 bits per heavy atom. The number of likely N-dealkylation sites (N-methyl/N-ethyl adjacent to an activating group) is 1. The number of carboxylic acid groups (broad SMARTS) is 1. The molecule has 1 aliphatic heterocycles. The number of carbonyl (C=O) groups is 3. The van der Waals surface area contributed by atoms with Crippen LogP contribution in [0.5, 0.6) is 0 Å². The van der Waals surface area contributed by atoms with Gasteiger partial charge in [-0.3, -0.25) is 14.3 Å². The van der Waals surface area contributed by atoms with E-state index in [-0.39, 0.29) is 43.7 Å². The third-order valence-electron chi connectivity index (χ3n) is 5.35. The fourth-order valence-corrected chi connectivity index (χ4v) is 3.73. The van der Waals surface area contributed by atoms with Gasteiger partial charge in [0.15, 0.2) is 5.69 Å². The summed E-state index contributed by atoms with van der Waals surface area (Å²) in [4.78, 5) is 38.9. The normalized spacial score (nSPS) is 18.5. The number of aromatic nitrogens is 2. The molecule has 0 saturated carbocycles. The van der Waals surface area contributed by atoms with Crippen LogP contribution in [0.15, 0.2) is 24.3 Å². The molecule has 168 valence electrons. The number of rotatable bonds is 7. The van der Waals surface area contributed by atoms with Gasteiger partial charge in [0.2, 0.25) is 5.91 Å². The fourth-order valence-electron chi connectivity index (χ4n) is 3.73. The van der Waals surface area contributed by atoms with Gasteiger partial charge < -0.3 is 25.0 Å². The molecule has 2 aromatic rings. The highest BCUT2D eigenvalue weighted by Crippen LogP contribution is 2.23. The van der Waals surface area contributed by atoms with Crippen LogP contribution in [0.25, 0.3) is 10.9 Å². The number of amides is 3. The van der Waals surface area contributed by atoms with Gasteiger partial charge >= 0.3 is 6.09 Å². The summed E-state index contributed by atoms with van der Waals surface area (Å²) in [7, 11) is 3.25. The number of ether oxygens (including phenoxy) is 1. The summed E-state index contributed by atoms with van der Waals surface area (Å²) < 4.78 is 7.23. The van der Waals surface area contributed by atoms with Gasteiger partial charge in [0.05, 0.1) is 18.2 Å². The van der Waals surface area contributed by atoms with Gasteiger partial charge in [0, 0.05) is 38.1 Å². The summed E-state index contributed by atoms with van der Waals surface area (Å²) in [6.07, 6.45) is -0.685. The molecule has 1 aromatic heterocycles. The number of benzene rings is 1. The molecule has 10 heteroatoms. The number of fused-ring (bicyclic) bond motifs is 1. The van der Waals surface area contributed by atoms with E-state index in [9.17, 15) is 19.5 Å². The molecule has 2 atom stereocenters. The molecule has 3 rings (SSSR count). The van der Waals surface area contributed by atoms with Crippen LogP contribution >= 0.6 is 0 Å². The number of nitrogens with zero attached hydrogens (tertiary/aromatic N) is 4. The third-order valence-corrected chi connectivity index (χ3v) is 5.35. The van der Waals surface area contributed by atoms with E-state index in [4.69, 9.17) is 4.74 Å². The lowest BCUT2D eigenvalue weighted by molar-refractivity contribution is -0.133. The molecule has 31 heavy (non-hydrogen) atoms. The maximum absolute atomic E-state index is 13.0. The standard InChI is InChI=1S/C21H29N5O5/c1-13(2)26-17-8-6-5-7-16(17)19(23-26)20(28)22-14-9-15(25(10-14)21(29)30)11-31-12-18(27)24(3)4/h5-8,13-15H,9-12H2,1-4H3,(H,22,28)(H,29,30)/t14-,15-/m0/s1. The van der Waals surface area contributed by atoms with Crippen molar-refractivity contribution in [2.75, 3.05) is 33.9 Å². The Kier molecular flexibility index (Phi) is 6.79. The van der Waals surface area contributed by atoms with E-state index in [0.717, 1.165) is 10.9 Å². The second kappa shape index (κ2) is 9.34. The molecule has 0 spiro atoms. The van der Waals surface area contributed by atoms with Gasteiger partial charge in [0.25, 0.3) is 5.91 Å². The molecule has 1 aromatic carbocycles. The maximum Gasteiger partial charge on any atom is 0.407 e. The summed E-state index contributed by atoms with van der Waals surface area (Å²) in [6, 6.07) is 6.81. The predicted molar refractivity (Wildman–Crippen MR) is 114 cm³/mol. The third kappa shape index (κ3) is 4.96. The van der Waals surface area contributed by atoms with Crippen molar-refractivity contribution in [2.24, 2.45) is 0 Å². The van der Waals surface area contributed by atoms with E-state index in [1.165, 1.54) is 9.80 Å². The number of hydrogen-bond donors (Lipinski definition) is 2. The van der Waals surface area contributed by atoms with Gasteiger partial charge in [-0.25, -0.2) is 4.79 Å². The molecule has 3 amide bonds. The van der Waals surface area contributed by atoms with Gasteiger partial charge in [-0.15, -0.1) is 0 Å². The molecule has 0 unspecified atom stereocenters. The SMILES string of the molecule is CC(C)n1nc(C(=O)N[C@H]2C[C@@H](COCC(=O)N(C)C)N(C(=O)O)C2)c2ccccc21. The van der Waals surface area contributed by atoms with Crippen molar-refractivity contribution in [1.82, 2.24) is 24.9 Å². The zero-order valence-corrected chi connectivity index (χ0v) is 18.2. The van der Waals surface area contributed by atoms with Crippen molar-refractivity contribution in [3.05, 3.63) is 30.0 Å². The highest BCUT2D eigenvalue weighted by molar-refractivity contribution is 6.05. The van der Waals surface area contributed by atoms with Crippen LogP contribution in [0, 0.1) is 0 Å². The first kappa shape index (κ1) is 22.5. The molecular weight excluding hydrogens is 402 g/mol. The van der Waals surface area contributed by atoms with Crippen molar-refractivity contribution in [2.45, 2.75) is 38.4 Å². The fraction of sp³-hybridized carbons (Fsp3) is 0.524. The van der Waals surface area contributed by atoms with Crippen molar-refractivity contribution in [1.29, 1.82) is 0 Å². The smallest absolute Gasteiger partial charge is 0.407 e. The minimum absolute atomic E-state index is 0.0865. The average Bonchev–Trinajstić information content (AvgIpc) is 3.29. The first-order valence-corrected chi connectivity index (χ1v) is 10.2. The van der Waals surface area contributed by atoms with Crippen LogP contribution in [0.4, 0.5) is 4.79 Å². The van der Waals surface area contributed by atoms with Crippen LogP contribution in [-0.4, -0.2) is 88.5 Å². The molecular formula is C21H29N5O5. The van der Waals surface area contributed by atoms with Crippen molar-refractivity contribution in [3.63, 3.8) is 0 Å². The maximum atomic E-state index is 13.0. The van der Waals surface area contributed by atoms with Crippen molar-refractivity contribution >= 4 is 28.8 Å². The zero-order chi connectivity index (χ0) is 22.7. The highest BCUT2D eigenvalue weighted by Gasteiger charge is 2.37. The molecule has 2 heterocycles. The zero-order valence-electron chi connectivity index (χ0n) is 18.2. The van der Waals surface area contributed by atoms with Gasteiger partial charge in [0.1, 0.15) is 6.61 Å². The Bertz CT molecular complexity index is 970. The average molecular weight is 431 g/mol. The van der Waals surface area contributed by atoms with Crippen LogP contribution in [0.2, 0.25) is 0 Å². The van der Waals surface area contributed by atoms with Crippen molar-refractivity contribution < 1.29 is 24.2 Å². The lowest BCUT2D eigenvalue weighted by Crippen LogP contribution is -2.40. The Morgan fingerprint density at radius 1 is 1.29 bits per heavy atom. The van der Waals surface area contributed by atoms with E-state index in [1.807, 2.05) is 38.1 Å². The molecule has 0 bridgehead atoms. The summed E-state index contributed by atoms with van der Waals surface area (Å²) in [5.41, 5.74) is 1.19. The van der Waals surface area contributed by atoms with Gasteiger partial charge in [-0.1, -0.05) is 18.2 Å². The minimum atomic E-state index is -1.08. The Balaban J connectivity index is 1.69. The monoisotopic (exact) mass is 431 g/mol. The minimum Gasteiger partial charge on any atom is -0.465 e. The molecule has 0 radical (unpaired) electrons. The van der Waals surface area contributed by atoms with E-state index in [2.05, 4.69) is 10.4 Å². The van der Waals surface area contributed by atoms with Crippen molar-refractivity contribution in [3.8, 4) is 0 Å². The number of para-hydroxylation sites is 1. The number of carbonyl (C=O) groups excluding carboxylic acids is 2. The lowest BCUT2D eigenvalue weighted by Gasteiger charge is -2.21. The predicted octanol–water partition coefficient (Wildman–Crippen LogP) is 1.57. The van der Waals surface area contributed by atoms with Crippen LogP contribution in [0.1, 0.15) is 36.8 Å². The van der Waals surface area contributed by atoms with Crippen LogP contribution < -0.4 is 5.32 Å². The Hall–Kier alpha value is -3.14. The lowest BCUT2D eigenvalue weighted by atomic mass is 10.1. The van der Waals surface area contributed by atoms with E-state index in [1.54, 1.807) is 18.8 Å². The molecule has 1 fully saturated rings. The second-order valence-corrected chi connectivity index (χ2v) is 8.20. The van der Waals surface area contributed by atoms with E-state index in [0.29, 0.717) is 12.1 Å². The van der Waals surface area contributed by atoms with Gasteiger partial charge in [-0.05, 0) is 26.3 Å². The second-order valence-electron chi connectivity index (χ2n) is 8.20.